The Morgan fingerprint density at radius 1 is 1.21 bits per heavy atom. The lowest BCUT2D eigenvalue weighted by atomic mass is 9.98. The fourth-order valence-corrected chi connectivity index (χ4v) is 3.46. The van der Waals surface area contributed by atoms with E-state index in [1.165, 1.54) is 10.5 Å². The Morgan fingerprint density at radius 3 is 2.62 bits per heavy atom. The van der Waals surface area contributed by atoms with Gasteiger partial charge in [-0.3, -0.25) is 0 Å². The summed E-state index contributed by atoms with van der Waals surface area (Å²) >= 11 is 1.76. The van der Waals surface area contributed by atoms with Crippen molar-refractivity contribution in [1.29, 1.82) is 0 Å². The van der Waals surface area contributed by atoms with E-state index in [4.69, 9.17) is 0 Å². The van der Waals surface area contributed by atoms with Crippen molar-refractivity contribution in [3.8, 4) is 0 Å². The number of piperidine rings is 1. The number of aromatic nitrogens is 1. The Labute approximate surface area is 148 Å². The zero-order chi connectivity index (χ0) is 16.8. The Morgan fingerprint density at radius 2 is 1.96 bits per heavy atom. The van der Waals surface area contributed by atoms with E-state index in [0.29, 0.717) is 12.5 Å². The topological polar surface area (TPSA) is 48.4 Å². The van der Waals surface area contributed by atoms with Crippen LogP contribution in [-0.4, -0.2) is 36.0 Å². The SMILES string of the molecule is CSc1ccc(CNc2cccnc2N2CCC(CO)CC2)cc1. The second-order valence-corrected chi connectivity index (χ2v) is 7.07. The first-order chi connectivity index (χ1) is 11.8. The van der Waals surface area contributed by atoms with Crippen molar-refractivity contribution < 1.29 is 5.11 Å². The zero-order valence-corrected chi connectivity index (χ0v) is 14.9. The van der Waals surface area contributed by atoms with Crippen LogP contribution in [0.25, 0.3) is 0 Å². The summed E-state index contributed by atoms with van der Waals surface area (Å²) < 4.78 is 0. The van der Waals surface area contributed by atoms with Crippen molar-refractivity contribution in [2.75, 3.05) is 36.2 Å². The minimum Gasteiger partial charge on any atom is -0.396 e. The van der Waals surface area contributed by atoms with Crippen LogP contribution in [0, 0.1) is 5.92 Å². The van der Waals surface area contributed by atoms with E-state index in [9.17, 15) is 5.11 Å². The highest BCUT2D eigenvalue weighted by Gasteiger charge is 2.21. The lowest BCUT2D eigenvalue weighted by Gasteiger charge is -2.33. The number of hydrogen-bond acceptors (Lipinski definition) is 5. The number of rotatable bonds is 6. The van der Waals surface area contributed by atoms with E-state index >= 15 is 0 Å². The molecule has 3 rings (SSSR count). The number of benzene rings is 1. The van der Waals surface area contributed by atoms with Gasteiger partial charge in [0, 0.05) is 37.3 Å². The van der Waals surface area contributed by atoms with Gasteiger partial charge >= 0.3 is 0 Å². The lowest BCUT2D eigenvalue weighted by molar-refractivity contribution is 0.203. The highest BCUT2D eigenvalue weighted by atomic mass is 32.2. The minimum absolute atomic E-state index is 0.299. The number of anilines is 2. The monoisotopic (exact) mass is 343 g/mol. The molecule has 1 aromatic heterocycles. The van der Waals surface area contributed by atoms with Crippen LogP contribution in [0.5, 0.6) is 0 Å². The van der Waals surface area contributed by atoms with Gasteiger partial charge < -0.3 is 15.3 Å². The average molecular weight is 343 g/mol. The van der Waals surface area contributed by atoms with Gasteiger partial charge in [-0.2, -0.15) is 0 Å². The van der Waals surface area contributed by atoms with Crippen LogP contribution in [0.15, 0.2) is 47.5 Å². The summed E-state index contributed by atoms with van der Waals surface area (Å²) in [6.07, 6.45) is 6.01. The summed E-state index contributed by atoms with van der Waals surface area (Å²) in [6.45, 7) is 3.01. The number of aliphatic hydroxyl groups is 1. The number of hydrogen-bond donors (Lipinski definition) is 2. The maximum absolute atomic E-state index is 9.30. The first-order valence-corrected chi connectivity index (χ1v) is 9.70. The molecule has 128 valence electrons. The molecule has 0 aliphatic carbocycles. The van der Waals surface area contributed by atoms with Crippen LogP contribution < -0.4 is 10.2 Å². The Hall–Kier alpha value is -1.72. The Bertz CT molecular complexity index is 639. The van der Waals surface area contributed by atoms with Crippen molar-refractivity contribution >= 4 is 23.3 Å². The molecule has 2 heterocycles. The van der Waals surface area contributed by atoms with Crippen LogP contribution in [-0.2, 0) is 6.54 Å². The number of pyridine rings is 1. The molecule has 2 N–H and O–H groups in total. The fraction of sp³-hybridized carbons (Fsp3) is 0.421. The maximum atomic E-state index is 9.30. The summed E-state index contributed by atoms with van der Waals surface area (Å²) in [7, 11) is 0. The van der Waals surface area contributed by atoms with Gasteiger partial charge in [-0.15, -0.1) is 11.8 Å². The summed E-state index contributed by atoms with van der Waals surface area (Å²) in [5, 5.41) is 12.8. The molecule has 1 aliphatic rings. The van der Waals surface area contributed by atoms with Gasteiger partial charge in [0.1, 0.15) is 0 Å². The molecule has 0 amide bonds. The first kappa shape index (κ1) is 17.1. The number of aliphatic hydroxyl groups excluding tert-OH is 1. The zero-order valence-electron chi connectivity index (χ0n) is 14.1. The van der Waals surface area contributed by atoms with Crippen molar-refractivity contribution in [2.45, 2.75) is 24.3 Å². The molecule has 0 unspecified atom stereocenters. The molecule has 1 saturated heterocycles. The van der Waals surface area contributed by atoms with Crippen molar-refractivity contribution in [3.05, 3.63) is 48.2 Å². The van der Waals surface area contributed by atoms with Gasteiger partial charge in [-0.1, -0.05) is 12.1 Å². The summed E-state index contributed by atoms with van der Waals surface area (Å²) in [5.74, 6) is 1.46. The summed E-state index contributed by atoms with van der Waals surface area (Å²) in [4.78, 5) is 8.20. The predicted molar refractivity (Wildman–Crippen MR) is 102 cm³/mol. The third-order valence-electron chi connectivity index (χ3n) is 4.60. The average Bonchev–Trinajstić information content (AvgIpc) is 2.67. The quantitative estimate of drug-likeness (QED) is 0.785. The Balaban J connectivity index is 1.65. The molecule has 2 aromatic rings. The Kier molecular flexibility index (Phi) is 5.99. The number of nitrogens with zero attached hydrogens (tertiary/aromatic N) is 2. The molecule has 24 heavy (non-hydrogen) atoms. The molecule has 1 aromatic carbocycles. The van der Waals surface area contributed by atoms with Gasteiger partial charge in [0.15, 0.2) is 5.82 Å². The molecule has 0 bridgehead atoms. The first-order valence-electron chi connectivity index (χ1n) is 8.48. The normalized spacial score (nSPS) is 15.5. The van der Waals surface area contributed by atoms with Gasteiger partial charge in [0.05, 0.1) is 5.69 Å². The van der Waals surface area contributed by atoms with Gasteiger partial charge in [0.25, 0.3) is 0 Å². The molecular weight excluding hydrogens is 318 g/mol. The van der Waals surface area contributed by atoms with Crippen LogP contribution in [0.1, 0.15) is 18.4 Å². The fourth-order valence-electron chi connectivity index (χ4n) is 3.05. The third kappa shape index (κ3) is 4.22. The second kappa shape index (κ2) is 8.40. The van der Waals surface area contributed by atoms with E-state index in [2.05, 4.69) is 51.8 Å². The summed E-state index contributed by atoms with van der Waals surface area (Å²) in [6, 6.07) is 12.7. The molecule has 1 aliphatic heterocycles. The predicted octanol–water partition coefficient (Wildman–Crippen LogP) is 3.62. The van der Waals surface area contributed by atoms with Crippen LogP contribution >= 0.6 is 11.8 Å². The maximum Gasteiger partial charge on any atom is 0.151 e. The lowest BCUT2D eigenvalue weighted by Crippen LogP contribution is -2.35. The number of nitrogens with one attached hydrogen (secondary N) is 1. The van der Waals surface area contributed by atoms with E-state index in [1.807, 2.05) is 12.3 Å². The molecule has 1 fully saturated rings. The molecule has 4 nitrogen and oxygen atoms in total. The largest absolute Gasteiger partial charge is 0.396 e. The molecule has 0 spiro atoms. The molecule has 5 heteroatoms. The molecule has 0 radical (unpaired) electrons. The van der Waals surface area contributed by atoms with Gasteiger partial charge in [-0.25, -0.2) is 4.98 Å². The van der Waals surface area contributed by atoms with E-state index in [-0.39, 0.29) is 0 Å². The van der Waals surface area contributed by atoms with E-state index in [0.717, 1.165) is 44.0 Å². The van der Waals surface area contributed by atoms with Crippen molar-refractivity contribution in [3.63, 3.8) is 0 Å². The van der Waals surface area contributed by atoms with E-state index < -0.39 is 0 Å². The van der Waals surface area contributed by atoms with Crippen molar-refractivity contribution in [2.24, 2.45) is 5.92 Å². The third-order valence-corrected chi connectivity index (χ3v) is 5.34. The standard InChI is InChI=1S/C19H25N3OS/c1-24-17-6-4-15(5-7-17)13-21-18-3-2-10-20-19(18)22-11-8-16(14-23)9-12-22/h2-7,10,16,21,23H,8-9,11-14H2,1H3. The van der Waals surface area contributed by atoms with Gasteiger partial charge in [-0.05, 0) is 54.8 Å². The highest BCUT2D eigenvalue weighted by Crippen LogP contribution is 2.28. The summed E-state index contributed by atoms with van der Waals surface area (Å²) in [5.41, 5.74) is 2.34. The van der Waals surface area contributed by atoms with Crippen LogP contribution in [0.3, 0.4) is 0 Å². The molecule has 0 atom stereocenters. The highest BCUT2D eigenvalue weighted by molar-refractivity contribution is 7.98. The van der Waals surface area contributed by atoms with Crippen LogP contribution in [0.2, 0.25) is 0 Å². The van der Waals surface area contributed by atoms with Gasteiger partial charge in [0.2, 0.25) is 0 Å². The smallest absolute Gasteiger partial charge is 0.151 e. The van der Waals surface area contributed by atoms with Crippen molar-refractivity contribution in [1.82, 2.24) is 4.98 Å². The molecule has 0 saturated carbocycles. The van der Waals surface area contributed by atoms with Crippen LogP contribution in [0.4, 0.5) is 11.5 Å². The number of thioether (sulfide) groups is 1. The van der Waals surface area contributed by atoms with E-state index in [1.54, 1.807) is 11.8 Å². The second-order valence-electron chi connectivity index (χ2n) is 6.19. The molecular formula is C19H25N3OS. The minimum atomic E-state index is 0.299.